The lowest BCUT2D eigenvalue weighted by molar-refractivity contribution is 0.719. The Balaban J connectivity index is 1.79. The van der Waals surface area contributed by atoms with Gasteiger partial charge in [-0.25, -0.2) is 0 Å². The second-order valence-electron chi connectivity index (χ2n) is 5.28. The first-order valence-corrected chi connectivity index (χ1v) is 7.57. The molecule has 2 N–H and O–H groups in total. The molecule has 1 aromatic heterocycles. The van der Waals surface area contributed by atoms with Crippen molar-refractivity contribution in [3.8, 4) is 0 Å². The van der Waals surface area contributed by atoms with Gasteiger partial charge in [0.25, 0.3) is 0 Å². The van der Waals surface area contributed by atoms with Crippen LogP contribution in [0, 0.1) is 6.92 Å². The summed E-state index contributed by atoms with van der Waals surface area (Å²) in [5.41, 5.74) is 13.4. The standard InChI is InChI=1S/C16H19NS/c1-11-9-18-10-15(11)16(17)8-12-5-6-13-3-2-4-14(13)7-12/h5-7,9-10,16H,2-4,8,17H2,1H3. The van der Waals surface area contributed by atoms with Gasteiger partial charge in [0.15, 0.2) is 0 Å². The summed E-state index contributed by atoms with van der Waals surface area (Å²) in [6, 6.07) is 7.05. The van der Waals surface area contributed by atoms with E-state index in [2.05, 4.69) is 35.9 Å². The van der Waals surface area contributed by atoms with Gasteiger partial charge in [-0.2, -0.15) is 11.3 Å². The average molecular weight is 257 g/mol. The Morgan fingerprint density at radius 3 is 2.83 bits per heavy atom. The highest BCUT2D eigenvalue weighted by molar-refractivity contribution is 7.08. The van der Waals surface area contributed by atoms with Gasteiger partial charge >= 0.3 is 0 Å². The predicted molar refractivity (Wildman–Crippen MR) is 78.2 cm³/mol. The van der Waals surface area contributed by atoms with Crippen LogP contribution in [-0.4, -0.2) is 0 Å². The summed E-state index contributed by atoms with van der Waals surface area (Å²) < 4.78 is 0. The van der Waals surface area contributed by atoms with Crippen LogP contribution in [0.25, 0.3) is 0 Å². The van der Waals surface area contributed by atoms with E-state index in [1.807, 2.05) is 0 Å². The number of thiophene rings is 1. The van der Waals surface area contributed by atoms with E-state index in [-0.39, 0.29) is 6.04 Å². The molecule has 0 aliphatic heterocycles. The SMILES string of the molecule is Cc1cscc1C(N)Cc1ccc2c(c1)CCC2. The summed E-state index contributed by atoms with van der Waals surface area (Å²) >= 11 is 1.75. The minimum atomic E-state index is 0.135. The average Bonchev–Trinajstić information content (AvgIpc) is 2.96. The smallest absolute Gasteiger partial charge is 0.0346 e. The molecule has 0 radical (unpaired) electrons. The quantitative estimate of drug-likeness (QED) is 0.889. The molecule has 3 rings (SSSR count). The lowest BCUT2D eigenvalue weighted by Gasteiger charge is -2.12. The zero-order chi connectivity index (χ0) is 12.5. The molecule has 0 amide bonds. The summed E-state index contributed by atoms with van der Waals surface area (Å²) in [4.78, 5) is 0. The van der Waals surface area contributed by atoms with Crippen molar-refractivity contribution in [3.05, 3.63) is 56.8 Å². The number of rotatable bonds is 3. The highest BCUT2D eigenvalue weighted by atomic mass is 32.1. The first kappa shape index (κ1) is 11.9. The number of aryl methyl sites for hydroxylation is 3. The van der Waals surface area contributed by atoms with Crippen molar-refractivity contribution in [3.63, 3.8) is 0 Å². The molecule has 0 fully saturated rings. The normalized spacial score (nSPS) is 15.7. The predicted octanol–water partition coefficient (Wildman–Crippen LogP) is 3.79. The largest absolute Gasteiger partial charge is 0.324 e. The fourth-order valence-corrected chi connectivity index (χ4v) is 3.78. The van der Waals surface area contributed by atoms with Gasteiger partial charge in [-0.15, -0.1) is 0 Å². The fraction of sp³-hybridized carbons (Fsp3) is 0.375. The summed E-state index contributed by atoms with van der Waals surface area (Å²) in [5.74, 6) is 0. The van der Waals surface area contributed by atoms with Crippen molar-refractivity contribution in [2.75, 3.05) is 0 Å². The monoisotopic (exact) mass is 257 g/mol. The Hall–Kier alpha value is -1.12. The molecule has 1 aliphatic rings. The van der Waals surface area contributed by atoms with Gasteiger partial charge < -0.3 is 5.73 Å². The fourth-order valence-electron chi connectivity index (χ4n) is 2.87. The molecule has 2 heteroatoms. The highest BCUT2D eigenvalue weighted by Gasteiger charge is 2.14. The maximum atomic E-state index is 6.32. The Morgan fingerprint density at radius 1 is 1.22 bits per heavy atom. The van der Waals surface area contributed by atoms with E-state index in [9.17, 15) is 0 Å². The molecule has 0 saturated heterocycles. The van der Waals surface area contributed by atoms with Crippen LogP contribution in [0.5, 0.6) is 0 Å². The maximum absolute atomic E-state index is 6.32. The summed E-state index contributed by atoms with van der Waals surface area (Å²) in [5, 5.41) is 4.37. The molecule has 1 unspecified atom stereocenters. The van der Waals surface area contributed by atoms with E-state index in [0.29, 0.717) is 0 Å². The van der Waals surface area contributed by atoms with E-state index >= 15 is 0 Å². The van der Waals surface area contributed by atoms with Crippen LogP contribution in [0.2, 0.25) is 0 Å². The van der Waals surface area contributed by atoms with Crippen LogP contribution in [0.15, 0.2) is 29.0 Å². The van der Waals surface area contributed by atoms with E-state index in [4.69, 9.17) is 5.73 Å². The van der Waals surface area contributed by atoms with Crippen molar-refractivity contribution in [2.24, 2.45) is 5.73 Å². The molecule has 0 spiro atoms. The molecule has 1 aromatic carbocycles. The topological polar surface area (TPSA) is 26.0 Å². The van der Waals surface area contributed by atoms with Crippen LogP contribution >= 0.6 is 11.3 Å². The molecule has 1 aliphatic carbocycles. The minimum absolute atomic E-state index is 0.135. The van der Waals surface area contributed by atoms with Gasteiger partial charge in [0.2, 0.25) is 0 Å². The Morgan fingerprint density at radius 2 is 2.06 bits per heavy atom. The molecule has 0 saturated carbocycles. The molecule has 1 heterocycles. The molecule has 1 nitrogen and oxygen atoms in total. The maximum Gasteiger partial charge on any atom is 0.0346 e. The van der Waals surface area contributed by atoms with Crippen LogP contribution in [-0.2, 0) is 19.3 Å². The Bertz CT molecular complexity index is 556. The number of hydrogen-bond acceptors (Lipinski definition) is 2. The summed E-state index contributed by atoms with van der Waals surface area (Å²) in [6.45, 7) is 2.15. The van der Waals surface area contributed by atoms with Crippen LogP contribution in [0.1, 0.15) is 40.3 Å². The summed E-state index contributed by atoms with van der Waals surface area (Å²) in [7, 11) is 0. The zero-order valence-electron chi connectivity index (χ0n) is 10.8. The Kier molecular flexibility index (Phi) is 3.23. The van der Waals surface area contributed by atoms with Crippen molar-refractivity contribution in [1.29, 1.82) is 0 Å². The highest BCUT2D eigenvalue weighted by Crippen LogP contribution is 2.26. The lowest BCUT2D eigenvalue weighted by Crippen LogP contribution is -2.13. The van der Waals surface area contributed by atoms with Crippen LogP contribution < -0.4 is 5.73 Å². The molecule has 94 valence electrons. The van der Waals surface area contributed by atoms with E-state index in [0.717, 1.165) is 6.42 Å². The van der Waals surface area contributed by atoms with Crippen LogP contribution in [0.3, 0.4) is 0 Å². The second kappa shape index (κ2) is 4.87. The second-order valence-corrected chi connectivity index (χ2v) is 6.02. The van der Waals surface area contributed by atoms with E-state index < -0.39 is 0 Å². The first-order chi connectivity index (χ1) is 8.74. The van der Waals surface area contributed by atoms with Gasteiger partial charge in [-0.3, -0.25) is 0 Å². The molecule has 0 bridgehead atoms. The Labute approximate surface area is 113 Å². The molecule has 1 atom stereocenters. The zero-order valence-corrected chi connectivity index (χ0v) is 11.6. The number of fused-ring (bicyclic) bond motifs is 1. The third-order valence-electron chi connectivity index (χ3n) is 3.91. The molecule has 18 heavy (non-hydrogen) atoms. The van der Waals surface area contributed by atoms with E-state index in [1.54, 1.807) is 22.5 Å². The van der Waals surface area contributed by atoms with E-state index in [1.165, 1.54) is 36.0 Å². The number of nitrogens with two attached hydrogens (primary N) is 1. The lowest BCUT2D eigenvalue weighted by atomic mass is 9.97. The van der Waals surface area contributed by atoms with Gasteiger partial charge in [0.05, 0.1) is 0 Å². The molecule has 2 aromatic rings. The number of hydrogen-bond donors (Lipinski definition) is 1. The summed E-state index contributed by atoms with van der Waals surface area (Å²) in [6.07, 6.45) is 4.76. The van der Waals surface area contributed by atoms with Crippen molar-refractivity contribution in [1.82, 2.24) is 0 Å². The van der Waals surface area contributed by atoms with Crippen molar-refractivity contribution in [2.45, 2.75) is 38.6 Å². The van der Waals surface area contributed by atoms with Crippen molar-refractivity contribution < 1.29 is 0 Å². The minimum Gasteiger partial charge on any atom is -0.324 e. The van der Waals surface area contributed by atoms with Crippen molar-refractivity contribution >= 4 is 11.3 Å². The van der Waals surface area contributed by atoms with Gasteiger partial charge in [-0.1, -0.05) is 18.2 Å². The van der Waals surface area contributed by atoms with Gasteiger partial charge in [0, 0.05) is 6.04 Å². The van der Waals surface area contributed by atoms with Gasteiger partial charge in [-0.05, 0) is 71.2 Å². The third kappa shape index (κ3) is 2.23. The number of benzene rings is 1. The van der Waals surface area contributed by atoms with Crippen LogP contribution in [0.4, 0.5) is 0 Å². The van der Waals surface area contributed by atoms with Gasteiger partial charge in [0.1, 0.15) is 0 Å². The first-order valence-electron chi connectivity index (χ1n) is 6.63. The molecular formula is C16H19NS. The molecular weight excluding hydrogens is 238 g/mol. The third-order valence-corrected chi connectivity index (χ3v) is 4.79.